The zero-order valence-electron chi connectivity index (χ0n) is 15.1. The van der Waals surface area contributed by atoms with Crippen LogP contribution in [-0.4, -0.2) is 65.1 Å². The van der Waals surface area contributed by atoms with Gasteiger partial charge in [-0.05, 0) is 12.1 Å². The van der Waals surface area contributed by atoms with Crippen LogP contribution in [0.3, 0.4) is 0 Å². The summed E-state index contributed by atoms with van der Waals surface area (Å²) in [5.41, 5.74) is 1.40. The van der Waals surface area contributed by atoms with Crippen molar-refractivity contribution in [2.45, 2.75) is 6.54 Å². The zero-order chi connectivity index (χ0) is 18.5. The van der Waals surface area contributed by atoms with Gasteiger partial charge in [0.15, 0.2) is 0 Å². The number of fused-ring (bicyclic) bond motifs is 1. The van der Waals surface area contributed by atoms with Crippen molar-refractivity contribution >= 4 is 28.1 Å². The van der Waals surface area contributed by atoms with Crippen molar-refractivity contribution in [3.63, 3.8) is 0 Å². The second-order valence-corrected chi connectivity index (χ2v) is 7.47. The van der Waals surface area contributed by atoms with Crippen molar-refractivity contribution < 1.29 is 9.53 Å². The minimum Gasteiger partial charge on any atom is -0.379 e. The molecule has 1 amide bonds. The van der Waals surface area contributed by atoms with Gasteiger partial charge in [-0.3, -0.25) is 14.7 Å². The van der Waals surface area contributed by atoms with E-state index < -0.39 is 0 Å². The zero-order valence-corrected chi connectivity index (χ0v) is 15.9. The molecular formula is C20H22N4O2S. The number of carbonyl (C=O) groups excluding carboxylic acids is 1. The Morgan fingerprint density at radius 3 is 2.81 bits per heavy atom. The fraction of sp³-hybridized carbons (Fsp3) is 0.350. The molecule has 3 heterocycles. The third kappa shape index (κ3) is 4.32. The number of hydrogen-bond acceptors (Lipinski definition) is 6. The van der Waals surface area contributed by atoms with Gasteiger partial charge < -0.3 is 9.64 Å². The van der Waals surface area contributed by atoms with E-state index in [-0.39, 0.29) is 5.91 Å². The SMILES string of the molecule is O=C(c1cccc2cccnc12)N(CCN1CCOCC1)Cc1nccs1. The average Bonchev–Trinajstić information content (AvgIpc) is 3.24. The Morgan fingerprint density at radius 2 is 2.00 bits per heavy atom. The number of para-hydroxylation sites is 1. The monoisotopic (exact) mass is 382 g/mol. The number of benzene rings is 1. The smallest absolute Gasteiger partial charge is 0.256 e. The standard InChI is InChI=1S/C20H22N4O2S/c25-20(17-5-1-3-16-4-2-6-22-19(16)17)24(15-18-21-7-14-27-18)9-8-23-10-12-26-13-11-23/h1-7,14H,8-13,15H2. The van der Waals surface area contributed by atoms with E-state index in [0.29, 0.717) is 18.7 Å². The molecule has 0 unspecified atom stereocenters. The Morgan fingerprint density at radius 1 is 1.15 bits per heavy atom. The van der Waals surface area contributed by atoms with Gasteiger partial charge in [-0.25, -0.2) is 4.98 Å². The van der Waals surface area contributed by atoms with Crippen molar-refractivity contribution in [2.24, 2.45) is 0 Å². The number of thiazole rings is 1. The predicted molar refractivity (Wildman–Crippen MR) is 106 cm³/mol. The lowest BCUT2D eigenvalue weighted by molar-refractivity contribution is 0.0320. The van der Waals surface area contributed by atoms with Crippen LogP contribution in [0.15, 0.2) is 48.1 Å². The van der Waals surface area contributed by atoms with Crippen molar-refractivity contribution in [2.75, 3.05) is 39.4 Å². The van der Waals surface area contributed by atoms with E-state index in [1.165, 1.54) is 0 Å². The second-order valence-electron chi connectivity index (χ2n) is 6.49. The van der Waals surface area contributed by atoms with Crippen LogP contribution >= 0.6 is 11.3 Å². The van der Waals surface area contributed by atoms with Crippen LogP contribution < -0.4 is 0 Å². The highest BCUT2D eigenvalue weighted by molar-refractivity contribution is 7.09. The number of carbonyl (C=O) groups is 1. The van der Waals surface area contributed by atoms with Crippen LogP contribution in [-0.2, 0) is 11.3 Å². The molecule has 6 nitrogen and oxygen atoms in total. The number of rotatable bonds is 6. The minimum atomic E-state index is 0.00256. The highest BCUT2D eigenvalue weighted by Crippen LogP contribution is 2.19. The van der Waals surface area contributed by atoms with E-state index in [1.54, 1.807) is 23.7 Å². The second kappa shape index (κ2) is 8.56. The van der Waals surface area contributed by atoms with Gasteiger partial charge >= 0.3 is 0 Å². The fourth-order valence-corrected chi connectivity index (χ4v) is 3.91. The summed E-state index contributed by atoms with van der Waals surface area (Å²) < 4.78 is 5.42. The Kier molecular flexibility index (Phi) is 5.72. The van der Waals surface area contributed by atoms with Gasteiger partial charge in [-0.1, -0.05) is 18.2 Å². The number of hydrogen-bond donors (Lipinski definition) is 0. The molecule has 1 aromatic carbocycles. The quantitative estimate of drug-likeness (QED) is 0.656. The maximum atomic E-state index is 13.4. The van der Waals surface area contributed by atoms with Gasteiger partial charge in [-0.2, -0.15) is 0 Å². The Labute approximate surface area is 162 Å². The normalized spacial score (nSPS) is 15.1. The molecule has 1 saturated heterocycles. The summed E-state index contributed by atoms with van der Waals surface area (Å²) in [5.74, 6) is 0.00256. The van der Waals surface area contributed by atoms with E-state index in [0.717, 1.165) is 48.8 Å². The Hall–Kier alpha value is -2.35. The van der Waals surface area contributed by atoms with Gasteiger partial charge in [0.2, 0.25) is 0 Å². The summed E-state index contributed by atoms with van der Waals surface area (Å²) in [6.45, 7) is 5.34. The van der Waals surface area contributed by atoms with E-state index in [9.17, 15) is 4.79 Å². The predicted octanol–water partition coefficient (Wildman–Crippen LogP) is 2.67. The summed E-state index contributed by atoms with van der Waals surface area (Å²) in [6.07, 6.45) is 3.52. The minimum absolute atomic E-state index is 0.00256. The third-order valence-corrected chi connectivity index (χ3v) is 5.51. The summed E-state index contributed by atoms with van der Waals surface area (Å²) >= 11 is 1.57. The molecule has 0 atom stereocenters. The number of pyridine rings is 1. The lowest BCUT2D eigenvalue weighted by Crippen LogP contribution is -2.43. The maximum Gasteiger partial charge on any atom is 0.256 e. The Bertz CT molecular complexity index is 889. The summed E-state index contributed by atoms with van der Waals surface area (Å²) in [6, 6.07) is 9.64. The fourth-order valence-electron chi connectivity index (χ4n) is 3.28. The van der Waals surface area contributed by atoms with Crippen molar-refractivity contribution in [3.8, 4) is 0 Å². The number of ether oxygens (including phenoxy) is 1. The Balaban J connectivity index is 1.57. The van der Waals surface area contributed by atoms with Gasteiger partial charge in [-0.15, -0.1) is 11.3 Å². The number of morpholine rings is 1. The van der Waals surface area contributed by atoms with Crippen LogP contribution in [0.2, 0.25) is 0 Å². The molecule has 0 saturated carbocycles. The molecule has 0 bridgehead atoms. The van der Waals surface area contributed by atoms with Crippen molar-refractivity contribution in [1.82, 2.24) is 19.8 Å². The molecule has 1 aliphatic rings. The molecule has 7 heteroatoms. The molecule has 0 aliphatic carbocycles. The van der Waals surface area contributed by atoms with Gasteiger partial charge in [0.1, 0.15) is 5.01 Å². The molecule has 1 aliphatic heterocycles. The topological polar surface area (TPSA) is 58.6 Å². The van der Waals surface area contributed by atoms with Crippen LogP contribution in [0.5, 0.6) is 0 Å². The van der Waals surface area contributed by atoms with E-state index in [1.807, 2.05) is 40.6 Å². The number of nitrogens with zero attached hydrogens (tertiary/aromatic N) is 4. The average molecular weight is 382 g/mol. The molecule has 0 N–H and O–H groups in total. The highest BCUT2D eigenvalue weighted by atomic mass is 32.1. The first kappa shape index (κ1) is 18.0. The van der Waals surface area contributed by atoms with Crippen LogP contribution in [0.1, 0.15) is 15.4 Å². The first-order chi connectivity index (χ1) is 13.3. The molecule has 2 aromatic heterocycles. The summed E-state index contributed by atoms with van der Waals surface area (Å²) in [4.78, 5) is 26.4. The van der Waals surface area contributed by atoms with Crippen LogP contribution in [0.4, 0.5) is 0 Å². The third-order valence-electron chi connectivity index (χ3n) is 4.75. The maximum absolute atomic E-state index is 13.4. The van der Waals surface area contributed by atoms with Crippen molar-refractivity contribution in [1.29, 1.82) is 0 Å². The van der Waals surface area contributed by atoms with E-state index >= 15 is 0 Å². The lowest BCUT2D eigenvalue weighted by Gasteiger charge is -2.30. The summed E-state index contributed by atoms with van der Waals surface area (Å²) in [7, 11) is 0. The van der Waals surface area contributed by atoms with E-state index in [4.69, 9.17) is 4.74 Å². The van der Waals surface area contributed by atoms with Gasteiger partial charge in [0.05, 0.1) is 30.8 Å². The van der Waals surface area contributed by atoms with Crippen LogP contribution in [0, 0.1) is 0 Å². The van der Waals surface area contributed by atoms with Gasteiger partial charge in [0, 0.05) is 49.3 Å². The molecule has 140 valence electrons. The molecule has 1 fully saturated rings. The molecule has 0 spiro atoms. The van der Waals surface area contributed by atoms with Crippen molar-refractivity contribution in [3.05, 3.63) is 58.7 Å². The first-order valence-electron chi connectivity index (χ1n) is 9.13. The molecule has 3 aromatic rings. The number of aromatic nitrogens is 2. The molecule has 0 radical (unpaired) electrons. The largest absolute Gasteiger partial charge is 0.379 e. The first-order valence-corrected chi connectivity index (χ1v) is 10.0. The lowest BCUT2D eigenvalue weighted by atomic mass is 10.1. The highest BCUT2D eigenvalue weighted by Gasteiger charge is 2.21. The van der Waals surface area contributed by atoms with Crippen LogP contribution in [0.25, 0.3) is 10.9 Å². The van der Waals surface area contributed by atoms with E-state index in [2.05, 4.69) is 14.9 Å². The van der Waals surface area contributed by atoms with Gasteiger partial charge in [0.25, 0.3) is 5.91 Å². The molecule has 4 rings (SSSR count). The number of amides is 1. The molecular weight excluding hydrogens is 360 g/mol. The molecule has 27 heavy (non-hydrogen) atoms. The summed E-state index contributed by atoms with van der Waals surface area (Å²) in [5, 5.41) is 3.86.